The number of ether oxygens (including phenoxy) is 1. The molecule has 0 spiro atoms. The van der Waals surface area contributed by atoms with Crippen molar-refractivity contribution in [3.63, 3.8) is 0 Å². The second-order valence-corrected chi connectivity index (χ2v) is 4.97. The van der Waals surface area contributed by atoms with Gasteiger partial charge < -0.3 is 9.84 Å². The van der Waals surface area contributed by atoms with Crippen molar-refractivity contribution >= 4 is 27.8 Å². The Labute approximate surface area is 137 Å². The van der Waals surface area contributed by atoms with Crippen LogP contribution in [0, 0.1) is 10.1 Å². The normalized spacial score (nSPS) is 11.0. The molecular weight excluding hydrogens is 310 g/mol. The summed E-state index contributed by atoms with van der Waals surface area (Å²) in [5, 5.41) is 30.8. The van der Waals surface area contributed by atoms with Gasteiger partial charge in [0.05, 0.1) is 12.0 Å². The molecule has 0 saturated heterocycles. The van der Waals surface area contributed by atoms with Gasteiger partial charge in [0.2, 0.25) is 0 Å². The molecule has 120 valence electrons. The van der Waals surface area contributed by atoms with Gasteiger partial charge in [-0.15, -0.1) is 10.2 Å². The fourth-order valence-corrected chi connectivity index (χ4v) is 2.32. The van der Waals surface area contributed by atoms with Crippen LogP contribution in [0.25, 0.3) is 10.8 Å². The van der Waals surface area contributed by atoms with Gasteiger partial charge in [-0.3, -0.25) is 10.1 Å². The van der Waals surface area contributed by atoms with Gasteiger partial charge in [-0.05, 0) is 17.5 Å². The van der Waals surface area contributed by atoms with Crippen LogP contribution in [-0.4, -0.2) is 17.1 Å². The van der Waals surface area contributed by atoms with Crippen molar-refractivity contribution in [2.75, 3.05) is 7.11 Å². The molecule has 0 radical (unpaired) electrons. The lowest BCUT2D eigenvalue weighted by Crippen LogP contribution is -1.89. The van der Waals surface area contributed by atoms with E-state index in [4.69, 9.17) is 4.74 Å². The number of nitrogens with zero attached hydrogens (tertiary/aromatic N) is 3. The number of hydrogen-bond acceptors (Lipinski definition) is 6. The van der Waals surface area contributed by atoms with Gasteiger partial charge in [-0.25, -0.2) is 0 Å². The maximum absolute atomic E-state index is 11.1. The summed E-state index contributed by atoms with van der Waals surface area (Å²) in [5.74, 6) is 0.375. The number of fused-ring (bicyclic) bond motifs is 1. The lowest BCUT2D eigenvalue weighted by Gasteiger charge is -2.04. The minimum absolute atomic E-state index is 0.0479. The number of aromatic hydroxyl groups is 1. The van der Waals surface area contributed by atoms with Crippen LogP contribution in [0.1, 0.15) is 0 Å². The van der Waals surface area contributed by atoms with Gasteiger partial charge in [0.1, 0.15) is 17.2 Å². The van der Waals surface area contributed by atoms with Crippen LogP contribution < -0.4 is 4.74 Å². The smallest absolute Gasteiger partial charge is 0.296 e. The summed E-state index contributed by atoms with van der Waals surface area (Å²) >= 11 is 0. The second-order valence-electron chi connectivity index (χ2n) is 4.97. The Balaban J connectivity index is 2.12. The third-order valence-electron chi connectivity index (χ3n) is 3.52. The minimum atomic E-state index is -0.545. The molecule has 0 heterocycles. The molecule has 0 saturated carbocycles. The van der Waals surface area contributed by atoms with Crippen molar-refractivity contribution in [1.82, 2.24) is 0 Å². The van der Waals surface area contributed by atoms with Gasteiger partial charge in [0.15, 0.2) is 5.69 Å². The van der Waals surface area contributed by atoms with E-state index in [2.05, 4.69) is 10.2 Å². The maximum Gasteiger partial charge on any atom is 0.296 e. The first-order chi connectivity index (χ1) is 11.6. The van der Waals surface area contributed by atoms with Crippen LogP contribution in [0.15, 0.2) is 64.8 Å². The molecule has 0 amide bonds. The largest absolute Gasteiger partial charge is 0.506 e. The van der Waals surface area contributed by atoms with E-state index in [9.17, 15) is 15.2 Å². The van der Waals surface area contributed by atoms with E-state index in [1.165, 1.54) is 31.4 Å². The van der Waals surface area contributed by atoms with Gasteiger partial charge in [-0.1, -0.05) is 30.3 Å². The number of nitro groups is 1. The van der Waals surface area contributed by atoms with Crippen molar-refractivity contribution in [2.24, 2.45) is 10.2 Å². The SMILES string of the molecule is COc1ccc([N+](=O)[O-])c(N=Nc2c(O)ccc3ccccc23)c1. The molecule has 24 heavy (non-hydrogen) atoms. The van der Waals surface area contributed by atoms with E-state index in [0.717, 1.165) is 5.39 Å². The molecule has 0 atom stereocenters. The molecule has 7 nitrogen and oxygen atoms in total. The third kappa shape index (κ3) is 2.87. The highest BCUT2D eigenvalue weighted by Gasteiger charge is 2.15. The monoisotopic (exact) mass is 323 g/mol. The molecule has 7 heteroatoms. The molecule has 0 aliphatic carbocycles. The number of rotatable bonds is 4. The van der Waals surface area contributed by atoms with Crippen molar-refractivity contribution < 1.29 is 14.8 Å². The number of hydrogen-bond donors (Lipinski definition) is 1. The summed E-state index contributed by atoms with van der Waals surface area (Å²) in [6, 6.07) is 14.8. The number of phenols is 1. The van der Waals surface area contributed by atoms with Crippen LogP contribution in [0.4, 0.5) is 17.1 Å². The Morgan fingerprint density at radius 2 is 1.88 bits per heavy atom. The highest BCUT2D eigenvalue weighted by atomic mass is 16.6. The zero-order chi connectivity index (χ0) is 17.1. The average Bonchev–Trinajstić information content (AvgIpc) is 2.60. The fourth-order valence-electron chi connectivity index (χ4n) is 2.32. The van der Waals surface area contributed by atoms with Crippen LogP contribution in [0.3, 0.4) is 0 Å². The molecular formula is C17H13N3O4. The summed E-state index contributed by atoms with van der Waals surface area (Å²) in [6.45, 7) is 0. The Bertz CT molecular complexity index is 954. The van der Waals surface area contributed by atoms with Gasteiger partial charge >= 0.3 is 0 Å². The lowest BCUT2D eigenvalue weighted by atomic mass is 10.1. The first-order valence-corrected chi connectivity index (χ1v) is 7.05. The van der Waals surface area contributed by atoms with Crippen LogP contribution in [0.5, 0.6) is 11.5 Å². The number of benzene rings is 3. The van der Waals surface area contributed by atoms with Gasteiger partial charge in [-0.2, -0.15) is 0 Å². The predicted molar refractivity (Wildman–Crippen MR) is 89.4 cm³/mol. The maximum atomic E-state index is 11.1. The molecule has 3 aromatic rings. The molecule has 3 aromatic carbocycles. The minimum Gasteiger partial charge on any atom is -0.506 e. The predicted octanol–water partition coefficient (Wildman–Crippen LogP) is 4.88. The standard InChI is InChI=1S/C17H13N3O4/c1-24-12-7-8-15(20(22)23)14(10-12)18-19-17-13-5-3-2-4-11(13)6-9-16(17)21/h2-10,21H,1H3. The molecule has 0 bridgehead atoms. The van der Waals surface area contributed by atoms with E-state index in [-0.39, 0.29) is 22.8 Å². The van der Waals surface area contributed by atoms with Crippen LogP contribution in [0.2, 0.25) is 0 Å². The topological polar surface area (TPSA) is 97.3 Å². The number of nitro benzene ring substituents is 1. The molecule has 3 rings (SSSR count). The Morgan fingerprint density at radius 3 is 2.62 bits per heavy atom. The van der Waals surface area contributed by atoms with Crippen molar-refractivity contribution in [3.05, 3.63) is 64.7 Å². The van der Waals surface area contributed by atoms with Crippen molar-refractivity contribution in [3.8, 4) is 11.5 Å². The van der Waals surface area contributed by atoms with E-state index >= 15 is 0 Å². The van der Waals surface area contributed by atoms with E-state index in [1.54, 1.807) is 12.1 Å². The highest BCUT2D eigenvalue weighted by Crippen LogP contribution is 2.38. The summed E-state index contributed by atoms with van der Waals surface area (Å²) in [4.78, 5) is 10.6. The van der Waals surface area contributed by atoms with Gasteiger partial charge in [0, 0.05) is 17.5 Å². The second kappa shape index (κ2) is 6.33. The van der Waals surface area contributed by atoms with Crippen molar-refractivity contribution in [1.29, 1.82) is 0 Å². The molecule has 0 unspecified atom stereocenters. The molecule has 0 fully saturated rings. The Morgan fingerprint density at radius 1 is 1.08 bits per heavy atom. The average molecular weight is 323 g/mol. The molecule has 0 aliphatic rings. The zero-order valence-corrected chi connectivity index (χ0v) is 12.7. The highest BCUT2D eigenvalue weighted by molar-refractivity contribution is 5.95. The number of azo groups is 1. The first kappa shape index (κ1) is 15.4. The fraction of sp³-hybridized carbons (Fsp3) is 0.0588. The number of methoxy groups -OCH3 is 1. The third-order valence-corrected chi connectivity index (χ3v) is 3.52. The molecule has 0 aliphatic heterocycles. The Hall–Kier alpha value is -3.48. The number of phenolic OH excluding ortho intramolecular Hbond substituents is 1. The van der Waals surface area contributed by atoms with Crippen LogP contribution in [-0.2, 0) is 0 Å². The first-order valence-electron chi connectivity index (χ1n) is 7.05. The molecule has 0 aromatic heterocycles. The quantitative estimate of drug-likeness (QED) is 0.420. The zero-order valence-electron chi connectivity index (χ0n) is 12.7. The van der Waals surface area contributed by atoms with E-state index in [1.807, 2.05) is 18.2 Å². The van der Waals surface area contributed by atoms with Crippen LogP contribution >= 0.6 is 0 Å². The lowest BCUT2D eigenvalue weighted by molar-refractivity contribution is -0.384. The van der Waals surface area contributed by atoms with E-state index < -0.39 is 4.92 Å². The summed E-state index contributed by atoms with van der Waals surface area (Å²) in [7, 11) is 1.46. The summed E-state index contributed by atoms with van der Waals surface area (Å²) < 4.78 is 5.06. The Kier molecular flexibility index (Phi) is 4.07. The summed E-state index contributed by atoms with van der Waals surface area (Å²) in [6.07, 6.45) is 0. The van der Waals surface area contributed by atoms with Gasteiger partial charge in [0.25, 0.3) is 5.69 Å². The van der Waals surface area contributed by atoms with E-state index in [0.29, 0.717) is 11.1 Å². The van der Waals surface area contributed by atoms with Crippen molar-refractivity contribution in [2.45, 2.75) is 0 Å². The summed E-state index contributed by atoms with van der Waals surface area (Å²) in [5.41, 5.74) is 0.108. The molecule has 1 N–H and O–H groups in total.